The number of anilines is 1. The standard InChI is InChI=1S/C14H17N3O3/c1-14(2,13(19)20)17(3)9-12(18)16-11-6-4-5-10(7-11)8-15/h4-7H,9H2,1-3H3,(H,16,18)(H,19,20). The second-order valence-corrected chi connectivity index (χ2v) is 4.96. The van der Waals surface area contributed by atoms with Gasteiger partial charge in [0.25, 0.3) is 0 Å². The van der Waals surface area contributed by atoms with E-state index >= 15 is 0 Å². The Morgan fingerprint density at radius 3 is 2.65 bits per heavy atom. The molecule has 6 heteroatoms. The second kappa shape index (κ2) is 6.17. The lowest BCUT2D eigenvalue weighted by atomic mass is 10.0. The number of benzene rings is 1. The third-order valence-electron chi connectivity index (χ3n) is 3.13. The summed E-state index contributed by atoms with van der Waals surface area (Å²) in [7, 11) is 1.57. The maximum atomic E-state index is 11.9. The number of nitriles is 1. The largest absolute Gasteiger partial charge is 0.480 e. The molecule has 0 spiro atoms. The summed E-state index contributed by atoms with van der Waals surface area (Å²) < 4.78 is 0. The van der Waals surface area contributed by atoms with Gasteiger partial charge in [0, 0.05) is 5.69 Å². The lowest BCUT2D eigenvalue weighted by Gasteiger charge is -2.30. The van der Waals surface area contributed by atoms with Crippen LogP contribution < -0.4 is 5.32 Å². The highest BCUT2D eigenvalue weighted by Crippen LogP contribution is 2.13. The zero-order valence-electron chi connectivity index (χ0n) is 11.7. The Kier molecular flexibility index (Phi) is 4.83. The van der Waals surface area contributed by atoms with Crippen LogP contribution in [0.4, 0.5) is 5.69 Å². The van der Waals surface area contributed by atoms with E-state index in [0.717, 1.165) is 0 Å². The highest BCUT2D eigenvalue weighted by atomic mass is 16.4. The monoisotopic (exact) mass is 275 g/mol. The SMILES string of the molecule is CN(CC(=O)Nc1cccc(C#N)c1)C(C)(C)C(=O)O. The molecule has 0 aliphatic carbocycles. The number of amides is 1. The molecule has 1 aromatic rings. The molecule has 1 rings (SSSR count). The number of hydrogen-bond acceptors (Lipinski definition) is 4. The lowest BCUT2D eigenvalue weighted by Crippen LogP contribution is -2.50. The molecule has 106 valence electrons. The predicted octanol–water partition coefficient (Wildman–Crippen LogP) is 1.29. The third kappa shape index (κ3) is 3.80. The molecule has 0 unspecified atom stereocenters. The highest BCUT2D eigenvalue weighted by Gasteiger charge is 2.32. The van der Waals surface area contributed by atoms with Crippen LogP contribution in [0.5, 0.6) is 0 Å². The van der Waals surface area contributed by atoms with E-state index in [9.17, 15) is 9.59 Å². The van der Waals surface area contributed by atoms with Crippen molar-refractivity contribution >= 4 is 17.6 Å². The fraction of sp³-hybridized carbons (Fsp3) is 0.357. The average Bonchev–Trinajstić information content (AvgIpc) is 2.38. The maximum Gasteiger partial charge on any atom is 0.323 e. The van der Waals surface area contributed by atoms with Gasteiger partial charge in [-0.3, -0.25) is 14.5 Å². The van der Waals surface area contributed by atoms with Crippen LogP contribution in [0, 0.1) is 11.3 Å². The zero-order chi connectivity index (χ0) is 15.3. The van der Waals surface area contributed by atoms with Crippen LogP contribution in [0.2, 0.25) is 0 Å². The summed E-state index contributed by atoms with van der Waals surface area (Å²) in [5.74, 6) is -1.34. The van der Waals surface area contributed by atoms with Crippen molar-refractivity contribution in [1.82, 2.24) is 4.90 Å². The van der Waals surface area contributed by atoms with Gasteiger partial charge >= 0.3 is 5.97 Å². The number of carbonyl (C=O) groups is 2. The predicted molar refractivity (Wildman–Crippen MR) is 74.1 cm³/mol. The van der Waals surface area contributed by atoms with E-state index in [0.29, 0.717) is 11.3 Å². The van der Waals surface area contributed by atoms with E-state index in [1.807, 2.05) is 6.07 Å². The van der Waals surface area contributed by atoms with E-state index in [1.165, 1.54) is 18.7 Å². The van der Waals surface area contributed by atoms with E-state index < -0.39 is 11.5 Å². The van der Waals surface area contributed by atoms with Gasteiger partial charge in [0.1, 0.15) is 5.54 Å². The second-order valence-electron chi connectivity index (χ2n) is 4.96. The van der Waals surface area contributed by atoms with Crippen molar-refractivity contribution in [3.05, 3.63) is 29.8 Å². The molecule has 0 aliphatic heterocycles. The number of nitrogens with one attached hydrogen (secondary N) is 1. The molecule has 20 heavy (non-hydrogen) atoms. The average molecular weight is 275 g/mol. The molecule has 0 atom stereocenters. The molecule has 0 bridgehead atoms. The molecule has 6 nitrogen and oxygen atoms in total. The van der Waals surface area contributed by atoms with Gasteiger partial charge in [0.2, 0.25) is 5.91 Å². The Labute approximate surface area is 117 Å². The summed E-state index contributed by atoms with van der Waals surface area (Å²) in [5.41, 5.74) is -0.177. The van der Waals surface area contributed by atoms with E-state index in [2.05, 4.69) is 5.32 Å². The topological polar surface area (TPSA) is 93.4 Å². The minimum Gasteiger partial charge on any atom is -0.480 e. The summed E-state index contributed by atoms with van der Waals surface area (Å²) in [5, 5.41) is 20.5. The molecule has 0 radical (unpaired) electrons. The van der Waals surface area contributed by atoms with Crippen LogP contribution in [0.3, 0.4) is 0 Å². The van der Waals surface area contributed by atoms with E-state index in [4.69, 9.17) is 10.4 Å². The minimum atomic E-state index is -1.13. The Bertz CT molecular complexity index is 561. The van der Waals surface area contributed by atoms with Crippen LogP contribution in [0.25, 0.3) is 0 Å². The van der Waals surface area contributed by atoms with Crippen molar-refractivity contribution in [3.63, 3.8) is 0 Å². The highest BCUT2D eigenvalue weighted by molar-refractivity contribution is 5.93. The molecule has 2 N–H and O–H groups in total. The molecular formula is C14H17N3O3. The molecule has 0 saturated heterocycles. The Morgan fingerprint density at radius 1 is 1.45 bits per heavy atom. The molecule has 0 aromatic heterocycles. The normalized spacial score (nSPS) is 10.9. The first kappa shape index (κ1) is 15.7. The first-order chi connectivity index (χ1) is 9.27. The van der Waals surface area contributed by atoms with Crippen LogP contribution in [0.1, 0.15) is 19.4 Å². The van der Waals surface area contributed by atoms with Crippen molar-refractivity contribution in [1.29, 1.82) is 5.26 Å². The number of rotatable bonds is 5. The quantitative estimate of drug-likeness (QED) is 0.844. The van der Waals surface area contributed by atoms with E-state index in [-0.39, 0.29) is 12.5 Å². The third-order valence-corrected chi connectivity index (χ3v) is 3.13. The van der Waals surface area contributed by atoms with Gasteiger partial charge in [-0.2, -0.15) is 5.26 Å². The number of aliphatic carboxylic acids is 1. The van der Waals surface area contributed by atoms with Crippen molar-refractivity contribution in [2.45, 2.75) is 19.4 Å². The fourth-order valence-electron chi connectivity index (χ4n) is 1.44. The maximum absolute atomic E-state index is 11.9. The van der Waals surface area contributed by atoms with Gasteiger partial charge in [0.15, 0.2) is 0 Å². The van der Waals surface area contributed by atoms with Crippen molar-refractivity contribution < 1.29 is 14.7 Å². The number of nitrogens with zero attached hydrogens (tertiary/aromatic N) is 2. The summed E-state index contributed by atoms with van der Waals surface area (Å²) in [6.07, 6.45) is 0. The summed E-state index contributed by atoms with van der Waals surface area (Å²) in [6.45, 7) is 2.99. The molecular weight excluding hydrogens is 258 g/mol. The molecule has 0 fully saturated rings. The van der Waals surface area contributed by atoms with Gasteiger partial charge in [-0.05, 0) is 39.1 Å². The minimum absolute atomic E-state index is 0.0594. The Morgan fingerprint density at radius 2 is 2.10 bits per heavy atom. The fourth-order valence-corrected chi connectivity index (χ4v) is 1.44. The molecule has 1 amide bonds. The molecule has 0 saturated carbocycles. The zero-order valence-corrected chi connectivity index (χ0v) is 11.7. The number of carboxylic acid groups (broad SMARTS) is 1. The van der Waals surface area contributed by atoms with Crippen LogP contribution in [-0.4, -0.2) is 41.0 Å². The van der Waals surface area contributed by atoms with Crippen LogP contribution in [0.15, 0.2) is 24.3 Å². The Balaban J connectivity index is 2.69. The Hall–Kier alpha value is -2.39. The van der Waals surface area contributed by atoms with Gasteiger partial charge < -0.3 is 10.4 Å². The van der Waals surface area contributed by atoms with Crippen molar-refractivity contribution in [2.75, 3.05) is 18.9 Å². The molecule has 0 heterocycles. The number of carbonyl (C=O) groups excluding carboxylic acids is 1. The number of likely N-dealkylation sites (N-methyl/N-ethyl adjacent to an activating group) is 1. The smallest absolute Gasteiger partial charge is 0.323 e. The van der Waals surface area contributed by atoms with Gasteiger partial charge in [-0.1, -0.05) is 6.07 Å². The molecule has 1 aromatic carbocycles. The van der Waals surface area contributed by atoms with Gasteiger partial charge in [-0.15, -0.1) is 0 Å². The first-order valence-electron chi connectivity index (χ1n) is 6.02. The summed E-state index contributed by atoms with van der Waals surface area (Å²) >= 11 is 0. The summed E-state index contributed by atoms with van der Waals surface area (Å²) in [6, 6.07) is 8.50. The molecule has 0 aliphatic rings. The van der Waals surface area contributed by atoms with Crippen LogP contribution >= 0.6 is 0 Å². The number of hydrogen-bond donors (Lipinski definition) is 2. The van der Waals surface area contributed by atoms with Gasteiger partial charge in [-0.25, -0.2) is 0 Å². The first-order valence-corrected chi connectivity index (χ1v) is 6.02. The van der Waals surface area contributed by atoms with Gasteiger partial charge in [0.05, 0.1) is 18.2 Å². The lowest BCUT2D eigenvalue weighted by molar-refractivity contribution is -0.148. The number of carboxylic acids is 1. The van der Waals surface area contributed by atoms with Crippen molar-refractivity contribution in [2.24, 2.45) is 0 Å². The van der Waals surface area contributed by atoms with Crippen molar-refractivity contribution in [3.8, 4) is 6.07 Å². The summed E-state index contributed by atoms with van der Waals surface area (Å²) in [4.78, 5) is 24.4. The van der Waals surface area contributed by atoms with E-state index in [1.54, 1.807) is 31.3 Å². The van der Waals surface area contributed by atoms with Crippen LogP contribution in [-0.2, 0) is 9.59 Å².